The van der Waals surface area contributed by atoms with Crippen LogP contribution in [0.15, 0.2) is 17.5 Å². The Balaban J connectivity index is 1.87. The van der Waals surface area contributed by atoms with E-state index in [4.69, 9.17) is 0 Å². The average Bonchev–Trinajstić information content (AvgIpc) is 3.04. The smallest absolute Gasteiger partial charge is 0.215 e. The van der Waals surface area contributed by atoms with Gasteiger partial charge in [0.25, 0.3) is 0 Å². The molecule has 1 atom stereocenters. The van der Waals surface area contributed by atoms with E-state index in [1.165, 1.54) is 17.7 Å². The molecule has 6 heteroatoms. The summed E-state index contributed by atoms with van der Waals surface area (Å²) in [5.41, 5.74) is -0.176. The third-order valence-corrected chi connectivity index (χ3v) is 6.71. The SMILES string of the molecule is CC(CNC1CC1)S(=O)(=O)NCC(C)(C)c1cccs1. The van der Waals surface area contributed by atoms with Crippen molar-refractivity contribution < 1.29 is 8.42 Å². The second-order valence-corrected chi connectivity index (χ2v) is 9.35. The summed E-state index contributed by atoms with van der Waals surface area (Å²) < 4.78 is 27.2. The van der Waals surface area contributed by atoms with Crippen molar-refractivity contribution >= 4 is 21.4 Å². The lowest BCUT2D eigenvalue weighted by Crippen LogP contribution is -2.43. The molecular formula is C14H24N2O2S2. The highest BCUT2D eigenvalue weighted by molar-refractivity contribution is 7.90. The highest BCUT2D eigenvalue weighted by Gasteiger charge is 2.28. The molecule has 1 aliphatic carbocycles. The molecule has 1 aromatic rings. The van der Waals surface area contributed by atoms with E-state index in [1.54, 1.807) is 18.3 Å². The van der Waals surface area contributed by atoms with Gasteiger partial charge in [-0.3, -0.25) is 0 Å². The molecule has 1 aliphatic rings. The van der Waals surface area contributed by atoms with E-state index in [2.05, 4.69) is 30.0 Å². The van der Waals surface area contributed by atoms with E-state index in [-0.39, 0.29) is 5.41 Å². The number of rotatable bonds is 8. The van der Waals surface area contributed by atoms with E-state index in [0.717, 1.165) is 0 Å². The van der Waals surface area contributed by atoms with Gasteiger partial charge in [0.1, 0.15) is 0 Å². The van der Waals surface area contributed by atoms with Gasteiger partial charge in [0, 0.05) is 29.4 Å². The van der Waals surface area contributed by atoms with Gasteiger partial charge in [0.2, 0.25) is 10.0 Å². The van der Waals surface area contributed by atoms with Crippen molar-refractivity contribution in [1.82, 2.24) is 10.0 Å². The van der Waals surface area contributed by atoms with Crippen LogP contribution in [0.2, 0.25) is 0 Å². The molecule has 0 amide bonds. The zero-order valence-electron chi connectivity index (χ0n) is 12.3. The first-order chi connectivity index (χ1) is 9.31. The minimum Gasteiger partial charge on any atom is -0.313 e. The molecule has 1 unspecified atom stereocenters. The molecule has 1 aromatic heterocycles. The molecule has 0 bridgehead atoms. The Kier molecular flexibility index (Phi) is 4.89. The number of thiophene rings is 1. The molecule has 1 heterocycles. The van der Waals surface area contributed by atoms with Crippen LogP contribution in [-0.2, 0) is 15.4 Å². The van der Waals surface area contributed by atoms with Crippen LogP contribution < -0.4 is 10.0 Å². The minimum atomic E-state index is -3.26. The van der Waals surface area contributed by atoms with Gasteiger partial charge < -0.3 is 5.32 Å². The first-order valence-corrected chi connectivity index (χ1v) is 9.50. The number of sulfonamides is 1. The van der Waals surface area contributed by atoms with E-state index in [1.807, 2.05) is 11.4 Å². The van der Waals surface area contributed by atoms with Gasteiger partial charge in [-0.25, -0.2) is 13.1 Å². The summed E-state index contributed by atoms with van der Waals surface area (Å²) in [5, 5.41) is 4.89. The Labute approximate surface area is 126 Å². The monoisotopic (exact) mass is 316 g/mol. The summed E-state index contributed by atoms with van der Waals surface area (Å²) in [7, 11) is -3.26. The van der Waals surface area contributed by atoms with Gasteiger partial charge in [-0.1, -0.05) is 19.9 Å². The number of nitrogens with one attached hydrogen (secondary N) is 2. The van der Waals surface area contributed by atoms with E-state index < -0.39 is 15.3 Å². The second-order valence-electron chi connectivity index (χ2n) is 6.22. The van der Waals surface area contributed by atoms with Crippen LogP contribution in [0.4, 0.5) is 0 Å². The van der Waals surface area contributed by atoms with Crippen LogP contribution in [0.1, 0.15) is 38.5 Å². The van der Waals surface area contributed by atoms with Crippen LogP contribution in [0.5, 0.6) is 0 Å². The van der Waals surface area contributed by atoms with Crippen molar-refractivity contribution in [1.29, 1.82) is 0 Å². The van der Waals surface area contributed by atoms with Crippen molar-refractivity contribution in [3.8, 4) is 0 Å². The summed E-state index contributed by atoms with van der Waals surface area (Å²) in [5.74, 6) is 0. The molecule has 0 saturated heterocycles. The van der Waals surface area contributed by atoms with E-state index >= 15 is 0 Å². The lowest BCUT2D eigenvalue weighted by Gasteiger charge is -2.25. The molecule has 1 fully saturated rings. The molecule has 0 aliphatic heterocycles. The van der Waals surface area contributed by atoms with E-state index in [0.29, 0.717) is 19.1 Å². The summed E-state index contributed by atoms with van der Waals surface area (Å²) in [6.07, 6.45) is 2.34. The maximum atomic E-state index is 12.2. The fraction of sp³-hybridized carbons (Fsp3) is 0.714. The zero-order valence-corrected chi connectivity index (χ0v) is 14.0. The minimum absolute atomic E-state index is 0.176. The largest absolute Gasteiger partial charge is 0.313 e. The first kappa shape index (κ1) is 15.9. The summed E-state index contributed by atoms with van der Waals surface area (Å²) in [6.45, 7) is 6.85. The van der Waals surface area contributed by atoms with Gasteiger partial charge in [-0.15, -0.1) is 11.3 Å². The molecule has 20 heavy (non-hydrogen) atoms. The molecule has 114 valence electrons. The first-order valence-electron chi connectivity index (χ1n) is 7.07. The topological polar surface area (TPSA) is 58.2 Å². The Hall–Kier alpha value is -0.430. The second kappa shape index (κ2) is 6.13. The Morgan fingerprint density at radius 1 is 1.45 bits per heavy atom. The Morgan fingerprint density at radius 2 is 2.15 bits per heavy atom. The molecule has 2 rings (SSSR count). The predicted octanol–water partition coefficient (Wildman–Crippen LogP) is 2.09. The lowest BCUT2D eigenvalue weighted by molar-refractivity contribution is 0.502. The standard InChI is InChI=1S/C14H24N2O2S2/c1-11(9-15-12-6-7-12)20(17,18)16-10-14(2,3)13-5-4-8-19-13/h4-5,8,11-12,15-16H,6-7,9-10H2,1-3H3. The summed E-state index contributed by atoms with van der Waals surface area (Å²) >= 11 is 1.66. The molecular weight excluding hydrogens is 292 g/mol. The van der Waals surface area contributed by atoms with Crippen LogP contribution in [-0.4, -0.2) is 32.8 Å². The van der Waals surface area contributed by atoms with Crippen molar-refractivity contribution in [3.63, 3.8) is 0 Å². The normalized spacial score (nSPS) is 18.1. The third kappa shape index (κ3) is 4.28. The fourth-order valence-electron chi connectivity index (χ4n) is 1.90. The number of hydrogen-bond donors (Lipinski definition) is 2. The lowest BCUT2D eigenvalue weighted by atomic mass is 9.92. The van der Waals surface area contributed by atoms with Crippen LogP contribution in [0, 0.1) is 0 Å². The highest BCUT2D eigenvalue weighted by Crippen LogP contribution is 2.27. The maximum absolute atomic E-state index is 12.2. The fourth-order valence-corrected chi connectivity index (χ4v) is 3.92. The molecule has 0 spiro atoms. The highest BCUT2D eigenvalue weighted by atomic mass is 32.2. The predicted molar refractivity (Wildman–Crippen MR) is 84.8 cm³/mol. The molecule has 4 nitrogen and oxygen atoms in total. The molecule has 2 N–H and O–H groups in total. The Morgan fingerprint density at radius 3 is 2.70 bits per heavy atom. The van der Waals surface area contributed by atoms with Crippen molar-refractivity contribution in [2.24, 2.45) is 0 Å². The van der Waals surface area contributed by atoms with Crippen LogP contribution in [0.25, 0.3) is 0 Å². The molecule has 0 aromatic carbocycles. The van der Waals surface area contributed by atoms with Crippen LogP contribution >= 0.6 is 11.3 Å². The van der Waals surface area contributed by atoms with Gasteiger partial charge in [0.05, 0.1) is 5.25 Å². The zero-order chi connectivity index (χ0) is 14.8. The van der Waals surface area contributed by atoms with Gasteiger partial charge in [-0.05, 0) is 31.2 Å². The maximum Gasteiger partial charge on any atom is 0.215 e. The molecule has 1 saturated carbocycles. The van der Waals surface area contributed by atoms with Crippen molar-refractivity contribution in [2.45, 2.75) is 50.3 Å². The van der Waals surface area contributed by atoms with Gasteiger partial charge >= 0.3 is 0 Å². The summed E-state index contributed by atoms with van der Waals surface area (Å²) in [6, 6.07) is 4.59. The van der Waals surface area contributed by atoms with Gasteiger partial charge in [-0.2, -0.15) is 0 Å². The molecule has 0 radical (unpaired) electrons. The summed E-state index contributed by atoms with van der Waals surface area (Å²) in [4.78, 5) is 1.20. The third-order valence-electron chi connectivity index (χ3n) is 3.70. The van der Waals surface area contributed by atoms with Crippen molar-refractivity contribution in [3.05, 3.63) is 22.4 Å². The van der Waals surface area contributed by atoms with Gasteiger partial charge in [0.15, 0.2) is 0 Å². The number of hydrogen-bond acceptors (Lipinski definition) is 4. The van der Waals surface area contributed by atoms with Crippen LogP contribution in [0.3, 0.4) is 0 Å². The quantitative estimate of drug-likeness (QED) is 0.772. The Bertz CT molecular complexity index is 519. The average molecular weight is 316 g/mol. The van der Waals surface area contributed by atoms with E-state index in [9.17, 15) is 8.42 Å². The van der Waals surface area contributed by atoms with Crippen molar-refractivity contribution in [2.75, 3.05) is 13.1 Å².